The normalized spacial score (nSPS) is 10.4. The molecule has 0 saturated heterocycles. The fraction of sp³-hybridized carbons (Fsp3) is 0.133. The quantitative estimate of drug-likeness (QED) is 0.750. The Hall–Kier alpha value is -1.32. The Morgan fingerprint density at radius 1 is 1.16 bits per heavy atom. The van der Waals surface area contributed by atoms with Crippen molar-refractivity contribution in [1.82, 2.24) is 0 Å². The van der Waals surface area contributed by atoms with E-state index in [0.29, 0.717) is 16.3 Å². The molecule has 98 valence electrons. The molecule has 0 fully saturated rings. The highest BCUT2D eigenvalue weighted by Gasteiger charge is 2.06. The number of hydrogen-bond acceptors (Lipinski definition) is 2. The summed E-state index contributed by atoms with van der Waals surface area (Å²) in [7, 11) is 0. The van der Waals surface area contributed by atoms with Crippen molar-refractivity contribution < 1.29 is 9.18 Å². The lowest BCUT2D eigenvalue weighted by Gasteiger charge is -2.02. The Bertz CT molecular complexity index is 569. The van der Waals surface area contributed by atoms with Gasteiger partial charge in [-0.3, -0.25) is 4.79 Å². The van der Waals surface area contributed by atoms with Crippen LogP contribution in [0.25, 0.3) is 0 Å². The first-order valence-corrected chi connectivity index (χ1v) is 7.29. The van der Waals surface area contributed by atoms with Gasteiger partial charge in [0.25, 0.3) is 0 Å². The van der Waals surface area contributed by atoms with E-state index in [-0.39, 0.29) is 11.6 Å². The summed E-state index contributed by atoms with van der Waals surface area (Å²) in [5.41, 5.74) is 1.53. The van der Waals surface area contributed by atoms with Crippen LogP contribution in [0.2, 0.25) is 5.02 Å². The Labute approximate surface area is 120 Å². The van der Waals surface area contributed by atoms with Crippen molar-refractivity contribution >= 4 is 29.1 Å². The minimum Gasteiger partial charge on any atom is -0.293 e. The molecule has 0 saturated carbocycles. The summed E-state index contributed by atoms with van der Waals surface area (Å²) in [5.74, 6) is 0.636. The van der Waals surface area contributed by atoms with E-state index in [9.17, 15) is 9.18 Å². The summed E-state index contributed by atoms with van der Waals surface area (Å²) in [6, 6.07) is 13.3. The van der Waals surface area contributed by atoms with Gasteiger partial charge in [0.15, 0.2) is 5.78 Å². The van der Waals surface area contributed by atoms with Crippen molar-refractivity contribution in [3.63, 3.8) is 0 Å². The van der Waals surface area contributed by atoms with E-state index in [2.05, 4.69) is 0 Å². The number of rotatable bonds is 5. The summed E-state index contributed by atoms with van der Waals surface area (Å²) in [4.78, 5) is 11.8. The van der Waals surface area contributed by atoms with Crippen LogP contribution in [-0.4, -0.2) is 11.5 Å². The van der Waals surface area contributed by atoms with E-state index < -0.39 is 0 Å². The van der Waals surface area contributed by atoms with Gasteiger partial charge in [-0.05, 0) is 29.8 Å². The van der Waals surface area contributed by atoms with Gasteiger partial charge >= 0.3 is 0 Å². The molecule has 2 rings (SSSR count). The summed E-state index contributed by atoms with van der Waals surface area (Å²) in [6.07, 6.45) is 0. The molecule has 2 aromatic carbocycles. The maximum absolute atomic E-state index is 13.0. The van der Waals surface area contributed by atoms with Crippen LogP contribution in [-0.2, 0) is 5.75 Å². The molecule has 0 amide bonds. The third-order valence-electron chi connectivity index (χ3n) is 2.56. The van der Waals surface area contributed by atoms with E-state index in [1.807, 2.05) is 24.3 Å². The van der Waals surface area contributed by atoms with Gasteiger partial charge in [-0.2, -0.15) is 0 Å². The SMILES string of the molecule is O=C(CSCc1ccc(Cl)cc1)c1cccc(F)c1. The zero-order chi connectivity index (χ0) is 13.7. The van der Waals surface area contributed by atoms with Gasteiger partial charge in [-0.25, -0.2) is 4.39 Å². The summed E-state index contributed by atoms with van der Waals surface area (Å²) in [6.45, 7) is 0. The minimum absolute atomic E-state index is 0.0570. The van der Waals surface area contributed by atoms with Crippen LogP contribution >= 0.6 is 23.4 Å². The van der Waals surface area contributed by atoms with Crippen molar-refractivity contribution in [3.05, 3.63) is 70.5 Å². The van der Waals surface area contributed by atoms with Crippen LogP contribution in [0.15, 0.2) is 48.5 Å². The number of ketones is 1. The van der Waals surface area contributed by atoms with Crippen LogP contribution in [0.3, 0.4) is 0 Å². The molecule has 0 atom stereocenters. The molecule has 4 heteroatoms. The molecule has 0 unspecified atom stereocenters. The highest BCUT2D eigenvalue weighted by Crippen LogP contribution is 2.17. The van der Waals surface area contributed by atoms with Crippen molar-refractivity contribution in [1.29, 1.82) is 0 Å². The van der Waals surface area contributed by atoms with Crippen LogP contribution in [0.1, 0.15) is 15.9 Å². The fourth-order valence-electron chi connectivity index (χ4n) is 1.59. The van der Waals surface area contributed by atoms with Gasteiger partial charge in [0.2, 0.25) is 0 Å². The molecule has 0 aliphatic heterocycles. The monoisotopic (exact) mass is 294 g/mol. The summed E-state index contributed by atoms with van der Waals surface area (Å²) >= 11 is 7.30. The highest BCUT2D eigenvalue weighted by molar-refractivity contribution is 7.99. The first-order chi connectivity index (χ1) is 9.15. The summed E-state index contributed by atoms with van der Waals surface area (Å²) < 4.78 is 13.0. The lowest BCUT2D eigenvalue weighted by Crippen LogP contribution is -2.03. The predicted octanol–water partition coefficient (Wildman–Crippen LogP) is 4.60. The topological polar surface area (TPSA) is 17.1 Å². The molecule has 2 aromatic rings. The maximum Gasteiger partial charge on any atom is 0.172 e. The smallest absolute Gasteiger partial charge is 0.172 e. The van der Waals surface area contributed by atoms with Crippen molar-refractivity contribution in [2.45, 2.75) is 5.75 Å². The number of carbonyl (C=O) groups excluding carboxylic acids is 1. The Morgan fingerprint density at radius 3 is 2.58 bits per heavy atom. The molecule has 0 heterocycles. The Kier molecular flexibility index (Phi) is 5.00. The van der Waals surface area contributed by atoms with Gasteiger partial charge in [-0.1, -0.05) is 35.9 Å². The molecule has 19 heavy (non-hydrogen) atoms. The van der Waals surface area contributed by atoms with E-state index >= 15 is 0 Å². The lowest BCUT2D eigenvalue weighted by molar-refractivity contribution is 0.102. The summed E-state index contributed by atoms with van der Waals surface area (Å²) in [5, 5.41) is 0.699. The van der Waals surface area contributed by atoms with Crippen molar-refractivity contribution in [3.8, 4) is 0 Å². The van der Waals surface area contributed by atoms with Crippen molar-refractivity contribution in [2.75, 3.05) is 5.75 Å². The number of hydrogen-bond donors (Lipinski definition) is 0. The van der Waals surface area contributed by atoms with Gasteiger partial charge in [0, 0.05) is 16.3 Å². The van der Waals surface area contributed by atoms with Gasteiger partial charge in [0.1, 0.15) is 5.82 Å². The second-order valence-corrected chi connectivity index (χ2v) is 5.47. The molecule has 0 bridgehead atoms. The predicted molar refractivity (Wildman–Crippen MR) is 78.3 cm³/mol. The molecule has 0 radical (unpaired) electrons. The van der Waals surface area contributed by atoms with E-state index in [4.69, 9.17) is 11.6 Å². The molecule has 0 spiro atoms. The Balaban J connectivity index is 1.86. The minimum atomic E-state index is -0.381. The average molecular weight is 295 g/mol. The van der Waals surface area contributed by atoms with Crippen LogP contribution in [0.4, 0.5) is 4.39 Å². The second kappa shape index (κ2) is 6.73. The number of thioether (sulfide) groups is 1. The molecular weight excluding hydrogens is 283 g/mol. The fourth-order valence-corrected chi connectivity index (χ4v) is 2.60. The van der Waals surface area contributed by atoms with E-state index in [0.717, 1.165) is 11.3 Å². The zero-order valence-corrected chi connectivity index (χ0v) is 11.7. The van der Waals surface area contributed by atoms with Crippen LogP contribution < -0.4 is 0 Å². The van der Waals surface area contributed by atoms with E-state index in [1.165, 1.54) is 23.9 Å². The van der Waals surface area contributed by atoms with Crippen molar-refractivity contribution in [2.24, 2.45) is 0 Å². The van der Waals surface area contributed by atoms with Gasteiger partial charge in [0.05, 0.1) is 5.75 Å². The number of benzene rings is 2. The van der Waals surface area contributed by atoms with Crippen LogP contribution in [0.5, 0.6) is 0 Å². The van der Waals surface area contributed by atoms with Gasteiger partial charge in [-0.15, -0.1) is 11.8 Å². The third kappa shape index (κ3) is 4.37. The average Bonchev–Trinajstić information content (AvgIpc) is 2.41. The molecule has 0 N–H and O–H groups in total. The van der Waals surface area contributed by atoms with E-state index in [1.54, 1.807) is 12.1 Å². The van der Waals surface area contributed by atoms with Gasteiger partial charge < -0.3 is 0 Å². The van der Waals surface area contributed by atoms with Crippen LogP contribution in [0, 0.1) is 5.82 Å². The molecule has 1 nitrogen and oxygen atoms in total. The standard InChI is InChI=1S/C15H12ClFOS/c16-13-6-4-11(5-7-13)9-19-10-15(18)12-2-1-3-14(17)8-12/h1-8H,9-10H2. The maximum atomic E-state index is 13.0. The first kappa shape index (κ1) is 14.1. The molecule has 0 aromatic heterocycles. The second-order valence-electron chi connectivity index (χ2n) is 4.05. The largest absolute Gasteiger partial charge is 0.293 e. The number of carbonyl (C=O) groups is 1. The molecular formula is C15H12ClFOS. The molecule has 0 aliphatic rings. The number of halogens is 2. The zero-order valence-electron chi connectivity index (χ0n) is 10.1. The first-order valence-electron chi connectivity index (χ1n) is 5.76. The lowest BCUT2D eigenvalue weighted by atomic mass is 10.1. The third-order valence-corrected chi connectivity index (χ3v) is 3.82. The number of Topliss-reactive ketones (excluding diaryl/α,β-unsaturated/α-hetero) is 1. The molecule has 0 aliphatic carbocycles. The Morgan fingerprint density at radius 2 is 1.89 bits per heavy atom. The highest BCUT2D eigenvalue weighted by atomic mass is 35.5.